The molecule has 0 N–H and O–H groups in total. The van der Waals surface area contributed by atoms with Gasteiger partial charge in [0.15, 0.2) is 5.43 Å². The van der Waals surface area contributed by atoms with Crippen molar-refractivity contribution in [1.82, 2.24) is 0 Å². The van der Waals surface area contributed by atoms with Crippen molar-refractivity contribution in [3.05, 3.63) is 75.3 Å². The summed E-state index contributed by atoms with van der Waals surface area (Å²) in [5.74, 6) is 1.10. The number of benzene rings is 2. The Labute approximate surface area is 149 Å². The molecular formula is C19H17N3O4. The molecular weight excluding hydrogens is 334 g/mol. The lowest BCUT2D eigenvalue weighted by Crippen LogP contribution is -2.08. The molecule has 0 aliphatic carbocycles. The van der Waals surface area contributed by atoms with Gasteiger partial charge < -0.3 is 13.9 Å². The normalized spacial score (nSPS) is 10.5. The standard InChI is InChI=1S/C19H17N3O4/c20-22-21-8-9-24-10-11-25-15-6-7-16-17(23)13-18(26-19(16)12-15)14-4-2-1-3-5-14/h1-7,12-13H,8-11H2. The van der Waals surface area contributed by atoms with E-state index in [1.807, 2.05) is 30.3 Å². The maximum absolute atomic E-state index is 12.3. The van der Waals surface area contributed by atoms with E-state index in [0.717, 1.165) is 5.56 Å². The van der Waals surface area contributed by atoms with E-state index < -0.39 is 0 Å². The molecule has 1 aromatic heterocycles. The fourth-order valence-electron chi connectivity index (χ4n) is 2.44. The zero-order valence-electron chi connectivity index (χ0n) is 14.0. The Kier molecular flexibility index (Phi) is 5.88. The van der Waals surface area contributed by atoms with E-state index in [4.69, 9.17) is 19.4 Å². The largest absolute Gasteiger partial charge is 0.491 e. The van der Waals surface area contributed by atoms with E-state index in [1.54, 1.807) is 18.2 Å². The van der Waals surface area contributed by atoms with Gasteiger partial charge in [0.1, 0.15) is 23.7 Å². The van der Waals surface area contributed by atoms with Crippen molar-refractivity contribution in [1.29, 1.82) is 0 Å². The van der Waals surface area contributed by atoms with Crippen LogP contribution in [0.2, 0.25) is 0 Å². The van der Waals surface area contributed by atoms with E-state index in [9.17, 15) is 4.79 Å². The summed E-state index contributed by atoms with van der Waals surface area (Å²) in [5, 5.41) is 3.88. The lowest BCUT2D eigenvalue weighted by Gasteiger charge is -2.08. The molecule has 132 valence electrons. The van der Waals surface area contributed by atoms with Crippen LogP contribution in [0, 0.1) is 0 Å². The maximum Gasteiger partial charge on any atom is 0.193 e. The maximum atomic E-state index is 12.3. The van der Waals surface area contributed by atoms with Crippen molar-refractivity contribution >= 4 is 11.0 Å². The molecule has 7 nitrogen and oxygen atoms in total. The summed E-state index contributed by atoms with van der Waals surface area (Å²) in [7, 11) is 0. The minimum atomic E-state index is -0.0990. The van der Waals surface area contributed by atoms with Gasteiger partial charge in [0.05, 0.1) is 18.6 Å². The zero-order chi connectivity index (χ0) is 18.2. The highest BCUT2D eigenvalue weighted by atomic mass is 16.5. The third-order valence-electron chi connectivity index (χ3n) is 3.65. The summed E-state index contributed by atoms with van der Waals surface area (Å²) in [4.78, 5) is 15.0. The first kappa shape index (κ1) is 17.5. The lowest BCUT2D eigenvalue weighted by molar-refractivity contribution is 0.106. The molecule has 0 radical (unpaired) electrons. The average molecular weight is 351 g/mol. The summed E-state index contributed by atoms with van der Waals surface area (Å²) in [5.41, 5.74) is 9.37. The smallest absolute Gasteiger partial charge is 0.193 e. The average Bonchev–Trinajstić information content (AvgIpc) is 2.67. The monoisotopic (exact) mass is 351 g/mol. The van der Waals surface area contributed by atoms with Gasteiger partial charge in [-0.1, -0.05) is 35.4 Å². The van der Waals surface area contributed by atoms with E-state index in [0.29, 0.717) is 48.8 Å². The number of azide groups is 1. The molecule has 3 rings (SSSR count). The zero-order valence-corrected chi connectivity index (χ0v) is 14.0. The van der Waals surface area contributed by atoms with Crippen LogP contribution in [0.25, 0.3) is 32.7 Å². The molecule has 0 unspecified atom stereocenters. The van der Waals surface area contributed by atoms with Gasteiger partial charge in [0.25, 0.3) is 0 Å². The molecule has 0 bridgehead atoms. The highest BCUT2D eigenvalue weighted by molar-refractivity contribution is 5.80. The third-order valence-corrected chi connectivity index (χ3v) is 3.65. The van der Waals surface area contributed by atoms with Gasteiger partial charge in [-0.15, -0.1) is 0 Å². The highest BCUT2D eigenvalue weighted by Gasteiger charge is 2.08. The number of nitrogens with zero attached hydrogens (tertiary/aromatic N) is 3. The predicted molar refractivity (Wildman–Crippen MR) is 98.2 cm³/mol. The number of rotatable bonds is 8. The van der Waals surface area contributed by atoms with E-state index >= 15 is 0 Å². The second kappa shape index (κ2) is 8.71. The summed E-state index contributed by atoms with van der Waals surface area (Å²) in [6, 6.07) is 16.1. The lowest BCUT2D eigenvalue weighted by atomic mass is 10.1. The Bertz CT molecular complexity index is 979. The summed E-state index contributed by atoms with van der Waals surface area (Å²) in [6.07, 6.45) is 0. The quantitative estimate of drug-likeness (QED) is 0.263. The molecule has 0 atom stereocenters. The Hall–Kier alpha value is -3.28. The van der Waals surface area contributed by atoms with Crippen LogP contribution in [0.1, 0.15) is 0 Å². The molecule has 2 aromatic carbocycles. The molecule has 0 spiro atoms. The first-order valence-corrected chi connectivity index (χ1v) is 8.12. The van der Waals surface area contributed by atoms with Crippen molar-refractivity contribution in [3.8, 4) is 17.1 Å². The van der Waals surface area contributed by atoms with Gasteiger partial charge in [-0.2, -0.15) is 0 Å². The predicted octanol–water partition coefficient (Wildman–Crippen LogP) is 4.17. The first-order chi connectivity index (χ1) is 12.8. The van der Waals surface area contributed by atoms with Crippen LogP contribution >= 0.6 is 0 Å². The van der Waals surface area contributed by atoms with Crippen molar-refractivity contribution in [2.24, 2.45) is 5.11 Å². The van der Waals surface area contributed by atoms with Gasteiger partial charge in [0, 0.05) is 29.2 Å². The molecule has 0 saturated heterocycles. The minimum absolute atomic E-state index is 0.0990. The van der Waals surface area contributed by atoms with E-state index in [1.165, 1.54) is 6.07 Å². The molecule has 7 heteroatoms. The third kappa shape index (κ3) is 4.42. The fraction of sp³-hybridized carbons (Fsp3) is 0.211. The van der Waals surface area contributed by atoms with Crippen LogP contribution in [0.3, 0.4) is 0 Å². The minimum Gasteiger partial charge on any atom is -0.491 e. The summed E-state index contributed by atoms with van der Waals surface area (Å²) >= 11 is 0. The molecule has 3 aromatic rings. The van der Waals surface area contributed by atoms with Crippen LogP contribution < -0.4 is 10.2 Å². The molecule has 0 aliphatic rings. The number of ether oxygens (including phenoxy) is 2. The second-order valence-electron chi connectivity index (χ2n) is 5.41. The Morgan fingerprint density at radius 3 is 2.69 bits per heavy atom. The molecule has 26 heavy (non-hydrogen) atoms. The van der Waals surface area contributed by atoms with Crippen molar-refractivity contribution in [3.63, 3.8) is 0 Å². The molecule has 0 saturated carbocycles. The topological polar surface area (TPSA) is 97.4 Å². The van der Waals surface area contributed by atoms with E-state index in [-0.39, 0.29) is 5.43 Å². The van der Waals surface area contributed by atoms with Gasteiger partial charge in [-0.3, -0.25) is 4.79 Å². The van der Waals surface area contributed by atoms with Crippen molar-refractivity contribution in [2.45, 2.75) is 0 Å². The molecule has 0 amide bonds. The summed E-state index contributed by atoms with van der Waals surface area (Å²) < 4.78 is 16.8. The Morgan fingerprint density at radius 2 is 1.88 bits per heavy atom. The van der Waals surface area contributed by atoms with Gasteiger partial charge in [0.2, 0.25) is 0 Å². The van der Waals surface area contributed by atoms with Gasteiger partial charge in [-0.05, 0) is 17.7 Å². The second-order valence-corrected chi connectivity index (χ2v) is 5.41. The Morgan fingerprint density at radius 1 is 1.04 bits per heavy atom. The number of hydrogen-bond acceptors (Lipinski definition) is 5. The Balaban J connectivity index is 1.71. The van der Waals surface area contributed by atoms with Gasteiger partial charge in [-0.25, -0.2) is 0 Å². The van der Waals surface area contributed by atoms with Crippen LogP contribution in [-0.4, -0.2) is 26.4 Å². The van der Waals surface area contributed by atoms with Crippen LogP contribution in [0.5, 0.6) is 5.75 Å². The van der Waals surface area contributed by atoms with Crippen molar-refractivity contribution in [2.75, 3.05) is 26.4 Å². The van der Waals surface area contributed by atoms with E-state index in [2.05, 4.69) is 10.0 Å². The van der Waals surface area contributed by atoms with Crippen LogP contribution in [-0.2, 0) is 4.74 Å². The fourth-order valence-corrected chi connectivity index (χ4v) is 2.44. The van der Waals surface area contributed by atoms with Crippen LogP contribution in [0.4, 0.5) is 0 Å². The molecule has 0 aliphatic heterocycles. The first-order valence-electron chi connectivity index (χ1n) is 8.12. The van der Waals surface area contributed by atoms with Gasteiger partial charge >= 0.3 is 0 Å². The van der Waals surface area contributed by atoms with Crippen LogP contribution in [0.15, 0.2) is 68.9 Å². The SMILES string of the molecule is [N-]=[N+]=NCCOCCOc1ccc2c(=O)cc(-c3ccccc3)oc2c1. The molecule has 1 heterocycles. The number of fused-ring (bicyclic) bond motifs is 1. The molecule has 0 fully saturated rings. The highest BCUT2D eigenvalue weighted by Crippen LogP contribution is 2.24. The van der Waals surface area contributed by atoms with Crippen molar-refractivity contribution < 1.29 is 13.9 Å². The number of hydrogen-bond donors (Lipinski definition) is 0. The summed E-state index contributed by atoms with van der Waals surface area (Å²) in [6.45, 7) is 1.34.